The third-order valence-corrected chi connectivity index (χ3v) is 4.35. The Bertz CT molecular complexity index is 405. The van der Waals surface area contributed by atoms with Crippen LogP contribution in [0.1, 0.15) is 50.2 Å². The van der Waals surface area contributed by atoms with Gasteiger partial charge in [-0.15, -0.1) is 0 Å². The Morgan fingerprint density at radius 3 is 2.72 bits per heavy atom. The maximum atomic E-state index is 5.33. The van der Waals surface area contributed by atoms with Gasteiger partial charge in [-0.3, -0.25) is 4.90 Å². The van der Waals surface area contributed by atoms with Gasteiger partial charge in [0.15, 0.2) is 5.82 Å². The second kappa shape index (κ2) is 4.63. The van der Waals surface area contributed by atoms with E-state index in [0.29, 0.717) is 11.5 Å². The SMILES string of the molecule is CNC1(C)CCN(Cc2nc(C3CC3)no2)CC1. The Morgan fingerprint density at radius 2 is 2.11 bits per heavy atom. The molecule has 18 heavy (non-hydrogen) atoms. The highest BCUT2D eigenvalue weighted by atomic mass is 16.5. The molecule has 0 bridgehead atoms. The summed E-state index contributed by atoms with van der Waals surface area (Å²) in [6.45, 7) is 5.29. The van der Waals surface area contributed by atoms with Crippen LogP contribution in [0.15, 0.2) is 4.52 Å². The first-order valence-corrected chi connectivity index (χ1v) is 6.92. The first kappa shape index (κ1) is 12.1. The number of piperidine rings is 1. The molecular weight excluding hydrogens is 228 g/mol. The van der Waals surface area contributed by atoms with E-state index in [1.807, 2.05) is 0 Å². The lowest BCUT2D eigenvalue weighted by molar-refractivity contribution is 0.133. The van der Waals surface area contributed by atoms with Crippen molar-refractivity contribution in [3.63, 3.8) is 0 Å². The first-order chi connectivity index (χ1) is 8.68. The van der Waals surface area contributed by atoms with Crippen LogP contribution in [0.4, 0.5) is 0 Å². The second-order valence-corrected chi connectivity index (χ2v) is 5.91. The quantitative estimate of drug-likeness (QED) is 0.878. The lowest BCUT2D eigenvalue weighted by atomic mass is 9.90. The van der Waals surface area contributed by atoms with Gasteiger partial charge in [0.25, 0.3) is 0 Å². The van der Waals surface area contributed by atoms with E-state index < -0.39 is 0 Å². The lowest BCUT2D eigenvalue weighted by Crippen LogP contribution is -2.49. The van der Waals surface area contributed by atoms with Crippen LogP contribution in [0.5, 0.6) is 0 Å². The fraction of sp³-hybridized carbons (Fsp3) is 0.846. The topological polar surface area (TPSA) is 54.2 Å². The van der Waals surface area contributed by atoms with Crippen molar-refractivity contribution in [2.45, 2.75) is 50.6 Å². The van der Waals surface area contributed by atoms with E-state index in [-0.39, 0.29) is 0 Å². The third-order valence-electron chi connectivity index (χ3n) is 4.35. The van der Waals surface area contributed by atoms with E-state index in [1.54, 1.807) is 0 Å². The number of nitrogens with one attached hydrogen (secondary N) is 1. The summed E-state index contributed by atoms with van der Waals surface area (Å²) >= 11 is 0. The Hall–Kier alpha value is -0.940. The minimum atomic E-state index is 0.296. The molecule has 2 heterocycles. The molecule has 1 aliphatic heterocycles. The van der Waals surface area contributed by atoms with Crippen molar-refractivity contribution in [2.75, 3.05) is 20.1 Å². The maximum Gasteiger partial charge on any atom is 0.240 e. The van der Waals surface area contributed by atoms with E-state index in [1.165, 1.54) is 25.7 Å². The molecule has 1 aromatic rings. The van der Waals surface area contributed by atoms with Gasteiger partial charge in [-0.05, 0) is 39.7 Å². The molecule has 0 atom stereocenters. The average Bonchev–Trinajstić information content (AvgIpc) is 3.14. The van der Waals surface area contributed by atoms with Gasteiger partial charge >= 0.3 is 0 Å². The molecule has 0 amide bonds. The van der Waals surface area contributed by atoms with Crippen LogP contribution in [-0.2, 0) is 6.54 Å². The van der Waals surface area contributed by atoms with Gasteiger partial charge < -0.3 is 9.84 Å². The standard InChI is InChI=1S/C13H22N4O/c1-13(14-2)5-7-17(8-6-13)9-11-15-12(16-18-11)10-3-4-10/h10,14H,3-9H2,1-2H3. The average molecular weight is 250 g/mol. The molecule has 0 unspecified atom stereocenters. The molecule has 3 rings (SSSR count). The zero-order valence-electron chi connectivity index (χ0n) is 11.3. The molecule has 5 nitrogen and oxygen atoms in total. The van der Waals surface area contributed by atoms with Crippen LogP contribution >= 0.6 is 0 Å². The smallest absolute Gasteiger partial charge is 0.240 e. The molecule has 1 saturated heterocycles. The Morgan fingerprint density at radius 1 is 1.39 bits per heavy atom. The minimum absolute atomic E-state index is 0.296. The molecule has 5 heteroatoms. The fourth-order valence-corrected chi connectivity index (χ4v) is 2.49. The minimum Gasteiger partial charge on any atom is -0.338 e. The van der Waals surface area contributed by atoms with Gasteiger partial charge in [0.1, 0.15) is 0 Å². The number of nitrogens with zero attached hydrogens (tertiary/aromatic N) is 3. The van der Waals surface area contributed by atoms with Crippen LogP contribution in [0.25, 0.3) is 0 Å². The highest BCUT2D eigenvalue weighted by Gasteiger charge is 2.31. The van der Waals surface area contributed by atoms with Crippen molar-refractivity contribution in [3.8, 4) is 0 Å². The first-order valence-electron chi connectivity index (χ1n) is 6.92. The van der Waals surface area contributed by atoms with Crippen LogP contribution in [0.2, 0.25) is 0 Å². The van der Waals surface area contributed by atoms with Crippen molar-refractivity contribution < 1.29 is 4.52 Å². The zero-order chi connectivity index (χ0) is 12.6. The van der Waals surface area contributed by atoms with Crippen molar-refractivity contribution in [2.24, 2.45) is 0 Å². The molecule has 100 valence electrons. The van der Waals surface area contributed by atoms with E-state index in [9.17, 15) is 0 Å². The molecule has 1 N–H and O–H groups in total. The van der Waals surface area contributed by atoms with Crippen LogP contribution in [-0.4, -0.2) is 40.7 Å². The molecule has 1 aliphatic carbocycles. The summed E-state index contributed by atoms with van der Waals surface area (Å²) in [7, 11) is 2.05. The van der Waals surface area contributed by atoms with Gasteiger partial charge in [0.2, 0.25) is 5.89 Å². The van der Waals surface area contributed by atoms with Gasteiger partial charge in [-0.25, -0.2) is 0 Å². The number of aromatic nitrogens is 2. The van der Waals surface area contributed by atoms with Crippen LogP contribution in [0.3, 0.4) is 0 Å². The predicted molar refractivity (Wildman–Crippen MR) is 68.2 cm³/mol. The Kier molecular flexibility index (Phi) is 3.11. The van der Waals surface area contributed by atoms with Crippen molar-refractivity contribution >= 4 is 0 Å². The molecule has 2 aliphatic rings. The van der Waals surface area contributed by atoms with Gasteiger partial charge in [-0.1, -0.05) is 5.16 Å². The number of rotatable bonds is 4. The number of likely N-dealkylation sites (tertiary alicyclic amines) is 1. The molecular formula is C13H22N4O. The zero-order valence-corrected chi connectivity index (χ0v) is 11.3. The summed E-state index contributed by atoms with van der Waals surface area (Å²) in [5.74, 6) is 2.28. The number of hydrogen-bond donors (Lipinski definition) is 1. The highest BCUT2D eigenvalue weighted by Crippen LogP contribution is 2.38. The van der Waals surface area contributed by atoms with E-state index in [0.717, 1.165) is 31.3 Å². The number of hydrogen-bond acceptors (Lipinski definition) is 5. The summed E-state index contributed by atoms with van der Waals surface area (Å²) in [5, 5.41) is 7.48. The highest BCUT2D eigenvalue weighted by molar-refractivity contribution is 5.03. The molecule has 1 aromatic heterocycles. The van der Waals surface area contributed by atoms with E-state index >= 15 is 0 Å². The van der Waals surface area contributed by atoms with Crippen molar-refractivity contribution in [1.82, 2.24) is 20.4 Å². The van der Waals surface area contributed by atoms with Crippen LogP contribution < -0.4 is 5.32 Å². The summed E-state index contributed by atoms with van der Waals surface area (Å²) in [4.78, 5) is 6.89. The Balaban J connectivity index is 1.53. The Labute approximate surface area is 108 Å². The maximum absolute atomic E-state index is 5.33. The predicted octanol–water partition coefficient (Wildman–Crippen LogP) is 1.52. The van der Waals surface area contributed by atoms with Gasteiger partial charge in [0, 0.05) is 24.5 Å². The summed E-state index contributed by atoms with van der Waals surface area (Å²) in [5.41, 5.74) is 0.296. The summed E-state index contributed by atoms with van der Waals surface area (Å²) in [6, 6.07) is 0. The van der Waals surface area contributed by atoms with Gasteiger partial charge in [-0.2, -0.15) is 4.98 Å². The monoisotopic (exact) mass is 250 g/mol. The van der Waals surface area contributed by atoms with E-state index in [2.05, 4.69) is 34.3 Å². The lowest BCUT2D eigenvalue weighted by Gasteiger charge is -2.38. The van der Waals surface area contributed by atoms with Crippen LogP contribution in [0, 0.1) is 0 Å². The third kappa shape index (κ3) is 2.57. The molecule has 0 aromatic carbocycles. The van der Waals surface area contributed by atoms with Crippen molar-refractivity contribution in [1.29, 1.82) is 0 Å². The van der Waals surface area contributed by atoms with E-state index in [4.69, 9.17) is 4.52 Å². The fourth-order valence-electron chi connectivity index (χ4n) is 2.49. The summed E-state index contributed by atoms with van der Waals surface area (Å²) in [6.07, 6.45) is 4.80. The second-order valence-electron chi connectivity index (χ2n) is 5.91. The molecule has 1 saturated carbocycles. The molecule has 2 fully saturated rings. The largest absolute Gasteiger partial charge is 0.338 e. The van der Waals surface area contributed by atoms with Gasteiger partial charge in [0.05, 0.1) is 6.54 Å². The van der Waals surface area contributed by atoms with Crippen molar-refractivity contribution in [3.05, 3.63) is 11.7 Å². The normalized spacial score (nSPS) is 24.3. The molecule has 0 spiro atoms. The summed E-state index contributed by atoms with van der Waals surface area (Å²) < 4.78 is 5.33. The molecule has 0 radical (unpaired) electrons.